The van der Waals surface area contributed by atoms with Crippen LogP contribution in [0, 0.1) is 10.1 Å². The van der Waals surface area contributed by atoms with E-state index in [0.29, 0.717) is 18.7 Å². The van der Waals surface area contributed by atoms with Crippen LogP contribution in [0.4, 0.5) is 5.69 Å². The van der Waals surface area contributed by atoms with Gasteiger partial charge in [-0.1, -0.05) is 0 Å². The molecule has 1 aromatic rings. The fourth-order valence-electron chi connectivity index (χ4n) is 2.99. The number of hydrogen-bond acceptors (Lipinski definition) is 5. The van der Waals surface area contributed by atoms with E-state index in [9.17, 15) is 14.9 Å². The Hall–Kier alpha value is -2.15. The zero-order chi connectivity index (χ0) is 17.0. The molecule has 0 bridgehead atoms. The van der Waals surface area contributed by atoms with Crippen LogP contribution in [0.5, 0.6) is 5.75 Å². The first-order chi connectivity index (χ1) is 11.0. The zero-order valence-electron chi connectivity index (χ0n) is 13.5. The molecule has 0 spiro atoms. The molecule has 126 valence electrons. The van der Waals surface area contributed by atoms with Gasteiger partial charge >= 0.3 is 5.69 Å². The Morgan fingerprint density at radius 2 is 2.26 bits per heavy atom. The number of carbonyl (C=O) groups excluding carboxylic acids is 1. The number of carbonyl (C=O) groups is 1. The molecule has 7 heteroatoms. The minimum absolute atomic E-state index is 0.0260. The Balaban J connectivity index is 2.31. The summed E-state index contributed by atoms with van der Waals surface area (Å²) in [5, 5.41) is 11.2. The smallest absolute Gasteiger partial charge is 0.311 e. The molecular formula is C16H23N3O4. The van der Waals surface area contributed by atoms with Gasteiger partial charge in [-0.15, -0.1) is 0 Å². The van der Waals surface area contributed by atoms with Gasteiger partial charge in [-0.2, -0.15) is 0 Å². The Morgan fingerprint density at radius 3 is 2.87 bits per heavy atom. The van der Waals surface area contributed by atoms with Crippen molar-refractivity contribution in [1.29, 1.82) is 0 Å². The van der Waals surface area contributed by atoms with Crippen molar-refractivity contribution in [2.45, 2.75) is 45.2 Å². The number of nitro groups is 1. The average Bonchev–Trinajstić information content (AvgIpc) is 2.54. The molecule has 2 unspecified atom stereocenters. The first-order valence-corrected chi connectivity index (χ1v) is 7.93. The van der Waals surface area contributed by atoms with Crippen molar-refractivity contribution in [2.75, 3.05) is 13.2 Å². The molecule has 0 aromatic heterocycles. The van der Waals surface area contributed by atoms with Gasteiger partial charge in [0.15, 0.2) is 5.75 Å². The molecule has 1 aliphatic rings. The third-order valence-electron chi connectivity index (χ3n) is 4.12. The number of hydrogen-bond donors (Lipinski definition) is 1. The van der Waals surface area contributed by atoms with Crippen LogP contribution in [0.2, 0.25) is 0 Å². The maximum Gasteiger partial charge on any atom is 0.311 e. The van der Waals surface area contributed by atoms with Crippen molar-refractivity contribution < 1.29 is 14.5 Å². The molecule has 1 saturated heterocycles. The second-order valence-corrected chi connectivity index (χ2v) is 5.79. The first-order valence-electron chi connectivity index (χ1n) is 7.93. The van der Waals surface area contributed by atoms with Crippen molar-refractivity contribution in [1.82, 2.24) is 4.90 Å². The number of rotatable bonds is 5. The minimum Gasteiger partial charge on any atom is -0.487 e. The van der Waals surface area contributed by atoms with Gasteiger partial charge in [0.2, 0.25) is 0 Å². The SMILES string of the molecule is CCOc1ccc(C(=O)N2CCCCC2C(C)N)cc1[N+](=O)[O-]. The third-order valence-corrected chi connectivity index (χ3v) is 4.12. The lowest BCUT2D eigenvalue weighted by Gasteiger charge is -2.38. The van der Waals surface area contributed by atoms with Gasteiger partial charge in [0, 0.05) is 30.3 Å². The molecule has 0 aliphatic carbocycles. The molecule has 1 aromatic carbocycles. The predicted molar refractivity (Wildman–Crippen MR) is 86.6 cm³/mol. The second-order valence-electron chi connectivity index (χ2n) is 5.79. The molecule has 2 rings (SSSR count). The molecule has 23 heavy (non-hydrogen) atoms. The third kappa shape index (κ3) is 3.79. The highest BCUT2D eigenvalue weighted by Crippen LogP contribution is 2.29. The minimum atomic E-state index is -0.527. The Bertz CT molecular complexity index is 589. The number of piperidine rings is 1. The maximum absolute atomic E-state index is 12.8. The van der Waals surface area contributed by atoms with Gasteiger partial charge in [-0.05, 0) is 45.2 Å². The van der Waals surface area contributed by atoms with Crippen LogP contribution in [0.3, 0.4) is 0 Å². The highest BCUT2D eigenvalue weighted by molar-refractivity contribution is 5.95. The second kappa shape index (κ2) is 7.41. The average molecular weight is 321 g/mol. The van der Waals surface area contributed by atoms with Crippen molar-refractivity contribution in [3.63, 3.8) is 0 Å². The largest absolute Gasteiger partial charge is 0.487 e. The number of benzene rings is 1. The number of nitro benzene ring substituents is 1. The van der Waals surface area contributed by atoms with Crippen LogP contribution < -0.4 is 10.5 Å². The van der Waals surface area contributed by atoms with Crippen molar-refractivity contribution in [3.8, 4) is 5.75 Å². The Kier molecular flexibility index (Phi) is 5.54. The van der Waals surface area contributed by atoms with Gasteiger partial charge in [0.1, 0.15) is 0 Å². The van der Waals surface area contributed by atoms with Crippen LogP contribution in [-0.2, 0) is 0 Å². The van der Waals surface area contributed by atoms with E-state index in [1.54, 1.807) is 17.9 Å². The molecule has 1 fully saturated rings. The summed E-state index contributed by atoms with van der Waals surface area (Å²) in [5.74, 6) is -0.0328. The summed E-state index contributed by atoms with van der Waals surface area (Å²) in [7, 11) is 0. The number of nitrogens with two attached hydrogens (primary N) is 1. The van der Waals surface area contributed by atoms with Crippen LogP contribution >= 0.6 is 0 Å². The summed E-state index contributed by atoms with van der Waals surface area (Å²) in [6.07, 6.45) is 2.83. The van der Waals surface area contributed by atoms with Gasteiger partial charge < -0.3 is 15.4 Å². The molecule has 1 heterocycles. The van der Waals surface area contributed by atoms with Crippen molar-refractivity contribution in [2.24, 2.45) is 5.73 Å². The Morgan fingerprint density at radius 1 is 1.52 bits per heavy atom. The highest BCUT2D eigenvalue weighted by atomic mass is 16.6. The van der Waals surface area contributed by atoms with E-state index in [0.717, 1.165) is 19.3 Å². The van der Waals surface area contributed by atoms with Gasteiger partial charge in [-0.3, -0.25) is 14.9 Å². The summed E-state index contributed by atoms with van der Waals surface area (Å²) in [4.78, 5) is 25.2. The molecule has 1 aliphatic heterocycles. The summed E-state index contributed by atoms with van der Waals surface area (Å²) < 4.78 is 5.25. The van der Waals surface area contributed by atoms with Gasteiger partial charge in [0.05, 0.1) is 11.5 Å². The molecule has 2 atom stereocenters. The summed E-state index contributed by atoms with van der Waals surface area (Å²) >= 11 is 0. The standard InChI is InChI=1S/C16H23N3O4/c1-3-23-15-8-7-12(10-14(15)19(21)22)16(20)18-9-5-4-6-13(18)11(2)17/h7-8,10-11,13H,3-6,9,17H2,1-2H3. The van der Waals surface area contributed by atoms with E-state index in [-0.39, 0.29) is 29.4 Å². The fourth-order valence-corrected chi connectivity index (χ4v) is 2.99. The van der Waals surface area contributed by atoms with Crippen LogP contribution in [0.1, 0.15) is 43.5 Å². The van der Waals surface area contributed by atoms with E-state index in [1.807, 2.05) is 6.92 Å². The van der Waals surface area contributed by atoms with E-state index < -0.39 is 4.92 Å². The highest BCUT2D eigenvalue weighted by Gasteiger charge is 2.31. The fraction of sp³-hybridized carbons (Fsp3) is 0.562. The van der Waals surface area contributed by atoms with Gasteiger partial charge in [-0.25, -0.2) is 0 Å². The van der Waals surface area contributed by atoms with E-state index >= 15 is 0 Å². The summed E-state index contributed by atoms with van der Waals surface area (Å²) in [5.41, 5.74) is 6.10. The first kappa shape index (κ1) is 17.2. The lowest BCUT2D eigenvalue weighted by atomic mass is 9.96. The lowest BCUT2D eigenvalue weighted by Crippen LogP contribution is -2.51. The van der Waals surface area contributed by atoms with Crippen LogP contribution in [0.25, 0.3) is 0 Å². The molecule has 1 amide bonds. The van der Waals surface area contributed by atoms with Crippen molar-refractivity contribution >= 4 is 11.6 Å². The molecule has 2 N–H and O–H groups in total. The lowest BCUT2D eigenvalue weighted by molar-refractivity contribution is -0.385. The van der Waals surface area contributed by atoms with E-state index in [2.05, 4.69) is 0 Å². The quantitative estimate of drug-likeness (QED) is 0.663. The normalized spacial score (nSPS) is 19.3. The van der Waals surface area contributed by atoms with Crippen LogP contribution in [0.15, 0.2) is 18.2 Å². The number of likely N-dealkylation sites (tertiary alicyclic amines) is 1. The zero-order valence-corrected chi connectivity index (χ0v) is 13.5. The van der Waals surface area contributed by atoms with Gasteiger partial charge in [0.25, 0.3) is 5.91 Å². The topological polar surface area (TPSA) is 98.7 Å². The predicted octanol–water partition coefficient (Wildman–Crippen LogP) is 2.34. The molecule has 0 radical (unpaired) electrons. The van der Waals surface area contributed by atoms with Crippen LogP contribution in [-0.4, -0.2) is 41.0 Å². The van der Waals surface area contributed by atoms with Crippen molar-refractivity contribution in [3.05, 3.63) is 33.9 Å². The maximum atomic E-state index is 12.8. The molecular weight excluding hydrogens is 298 g/mol. The summed E-state index contributed by atoms with van der Waals surface area (Å²) in [6, 6.07) is 4.20. The van der Waals surface area contributed by atoms with E-state index in [1.165, 1.54) is 12.1 Å². The number of ether oxygens (including phenoxy) is 1. The number of nitrogens with zero attached hydrogens (tertiary/aromatic N) is 2. The summed E-state index contributed by atoms with van der Waals surface area (Å²) in [6.45, 7) is 4.60. The van der Waals surface area contributed by atoms with E-state index in [4.69, 9.17) is 10.5 Å². The molecule has 7 nitrogen and oxygen atoms in total. The Labute approximate surface area is 135 Å². The monoisotopic (exact) mass is 321 g/mol. The number of amides is 1. The molecule has 0 saturated carbocycles.